The molecular weight excluding hydrogens is 156 g/mol. The van der Waals surface area contributed by atoms with Crippen LogP contribution in [0.5, 0.6) is 0 Å². The van der Waals surface area contributed by atoms with Crippen LogP contribution in [0.4, 0.5) is 0 Å². The minimum atomic E-state index is 0.101. The highest BCUT2D eigenvalue weighted by Crippen LogP contribution is 2.09. The van der Waals surface area contributed by atoms with Gasteiger partial charge in [0.25, 0.3) is 0 Å². The molecule has 0 aromatic heterocycles. The summed E-state index contributed by atoms with van der Waals surface area (Å²) in [6, 6.07) is 0.268. The fourth-order valence-corrected chi connectivity index (χ4v) is 1.27. The Balaban J connectivity index is 2.35. The fourth-order valence-electron chi connectivity index (χ4n) is 1.27. The highest BCUT2D eigenvalue weighted by Gasteiger charge is 2.26. The maximum absolute atomic E-state index is 11.2. The van der Waals surface area contributed by atoms with Crippen LogP contribution < -0.4 is 5.43 Å². The maximum Gasteiger partial charge on any atom is 0.238 e. The minimum Gasteiger partial charge on any atom is -0.303 e. The molecule has 1 fully saturated rings. The molecule has 4 heteroatoms. The molecule has 4 nitrogen and oxygen atoms in total. The van der Waals surface area contributed by atoms with E-state index >= 15 is 0 Å². The zero-order chi connectivity index (χ0) is 8.97. The van der Waals surface area contributed by atoms with Crippen LogP contribution in [0.3, 0.4) is 0 Å². The van der Waals surface area contributed by atoms with Crippen molar-refractivity contribution in [2.45, 2.75) is 32.2 Å². The van der Waals surface area contributed by atoms with E-state index in [1.807, 2.05) is 6.92 Å². The van der Waals surface area contributed by atoms with Gasteiger partial charge in [0.1, 0.15) is 6.29 Å². The number of carbonyl (C=O) groups is 2. The van der Waals surface area contributed by atoms with E-state index < -0.39 is 0 Å². The maximum atomic E-state index is 11.2. The van der Waals surface area contributed by atoms with Gasteiger partial charge < -0.3 is 4.79 Å². The van der Waals surface area contributed by atoms with Crippen LogP contribution in [0.2, 0.25) is 0 Å². The third-order valence-electron chi connectivity index (χ3n) is 2.02. The fraction of sp³-hybridized carbons (Fsp3) is 0.750. The van der Waals surface area contributed by atoms with Crippen LogP contribution >= 0.6 is 0 Å². The molecule has 1 amide bonds. The normalized spacial score (nSPS) is 23.2. The van der Waals surface area contributed by atoms with Crippen LogP contribution in [-0.2, 0) is 9.59 Å². The van der Waals surface area contributed by atoms with Gasteiger partial charge in [0.15, 0.2) is 0 Å². The Morgan fingerprint density at radius 1 is 1.75 bits per heavy atom. The Kier molecular flexibility index (Phi) is 3.22. The minimum absolute atomic E-state index is 0.101. The SMILES string of the molecule is CCC1CC(=O)N(CCC=O)N1. The first-order valence-corrected chi connectivity index (χ1v) is 4.28. The number of nitrogens with one attached hydrogen (secondary N) is 1. The molecule has 0 spiro atoms. The first-order chi connectivity index (χ1) is 5.77. The van der Waals surface area contributed by atoms with E-state index in [2.05, 4.69) is 5.43 Å². The molecule has 1 N–H and O–H groups in total. The van der Waals surface area contributed by atoms with Crippen molar-refractivity contribution in [1.29, 1.82) is 0 Å². The lowest BCUT2D eigenvalue weighted by Gasteiger charge is -2.15. The smallest absolute Gasteiger partial charge is 0.238 e. The van der Waals surface area contributed by atoms with Crippen molar-refractivity contribution in [3.63, 3.8) is 0 Å². The molecule has 0 aromatic carbocycles. The number of rotatable bonds is 4. The van der Waals surface area contributed by atoms with E-state index in [0.717, 1.165) is 12.7 Å². The van der Waals surface area contributed by atoms with Crippen molar-refractivity contribution in [1.82, 2.24) is 10.4 Å². The van der Waals surface area contributed by atoms with E-state index in [1.165, 1.54) is 0 Å². The largest absolute Gasteiger partial charge is 0.303 e. The second kappa shape index (κ2) is 4.21. The molecular formula is C8H14N2O2. The molecule has 1 aliphatic rings. The van der Waals surface area contributed by atoms with Crippen molar-refractivity contribution in [3.05, 3.63) is 0 Å². The molecule has 0 bridgehead atoms. The van der Waals surface area contributed by atoms with Crippen molar-refractivity contribution < 1.29 is 9.59 Å². The number of aldehydes is 1. The number of carbonyl (C=O) groups excluding carboxylic acids is 2. The highest BCUT2D eigenvalue weighted by atomic mass is 16.2. The van der Waals surface area contributed by atoms with Gasteiger partial charge in [-0.25, -0.2) is 5.43 Å². The van der Waals surface area contributed by atoms with Gasteiger partial charge >= 0.3 is 0 Å². The molecule has 1 atom stereocenters. The number of hydrogen-bond donors (Lipinski definition) is 1. The predicted octanol–water partition coefficient (Wildman–Crippen LogP) is 0.0909. The molecule has 1 unspecified atom stereocenters. The summed E-state index contributed by atoms with van der Waals surface area (Å²) in [5.41, 5.74) is 3.05. The Labute approximate surface area is 71.9 Å². The first-order valence-electron chi connectivity index (χ1n) is 4.28. The van der Waals surface area contributed by atoms with Crippen LogP contribution in [0, 0.1) is 0 Å². The summed E-state index contributed by atoms with van der Waals surface area (Å²) in [6.45, 7) is 2.53. The average Bonchev–Trinajstić information content (AvgIpc) is 2.43. The standard InChI is InChI=1S/C8H14N2O2/c1-2-7-6-8(12)10(9-7)4-3-5-11/h5,7,9H,2-4,6H2,1H3. The van der Waals surface area contributed by atoms with Gasteiger partial charge in [0.2, 0.25) is 5.91 Å². The van der Waals surface area contributed by atoms with E-state index in [9.17, 15) is 9.59 Å². The summed E-state index contributed by atoms with van der Waals surface area (Å²) in [6.07, 6.45) is 2.75. The van der Waals surface area contributed by atoms with Gasteiger partial charge in [-0.3, -0.25) is 9.80 Å². The molecule has 68 valence electrons. The molecule has 1 rings (SSSR count). The first kappa shape index (κ1) is 9.19. The summed E-state index contributed by atoms with van der Waals surface area (Å²) >= 11 is 0. The summed E-state index contributed by atoms with van der Waals surface area (Å²) in [5.74, 6) is 0.101. The molecule has 12 heavy (non-hydrogen) atoms. The van der Waals surface area contributed by atoms with E-state index in [-0.39, 0.29) is 11.9 Å². The number of nitrogens with zero attached hydrogens (tertiary/aromatic N) is 1. The Hall–Kier alpha value is -0.900. The van der Waals surface area contributed by atoms with Crippen molar-refractivity contribution in [2.24, 2.45) is 0 Å². The Morgan fingerprint density at radius 2 is 2.50 bits per heavy atom. The molecule has 1 aliphatic heterocycles. The Bertz CT molecular complexity index is 182. The van der Waals surface area contributed by atoms with Gasteiger partial charge in [-0.15, -0.1) is 0 Å². The monoisotopic (exact) mass is 170 g/mol. The molecule has 0 radical (unpaired) electrons. The zero-order valence-corrected chi connectivity index (χ0v) is 7.25. The topological polar surface area (TPSA) is 49.4 Å². The van der Waals surface area contributed by atoms with Crippen LogP contribution in [-0.4, -0.2) is 29.8 Å². The number of hydrogen-bond acceptors (Lipinski definition) is 3. The summed E-state index contributed by atoms with van der Waals surface area (Å²) in [4.78, 5) is 21.3. The molecule has 1 heterocycles. The lowest BCUT2D eigenvalue weighted by molar-refractivity contribution is -0.129. The Morgan fingerprint density at radius 3 is 3.00 bits per heavy atom. The van der Waals surface area contributed by atoms with E-state index in [0.29, 0.717) is 19.4 Å². The lowest BCUT2D eigenvalue weighted by Crippen LogP contribution is -2.38. The lowest BCUT2D eigenvalue weighted by atomic mass is 10.2. The molecule has 0 saturated carbocycles. The summed E-state index contributed by atoms with van der Waals surface area (Å²) < 4.78 is 0. The summed E-state index contributed by atoms with van der Waals surface area (Å²) in [5, 5.41) is 1.54. The highest BCUT2D eigenvalue weighted by molar-refractivity contribution is 5.78. The van der Waals surface area contributed by atoms with Gasteiger partial charge in [-0.2, -0.15) is 0 Å². The van der Waals surface area contributed by atoms with Gasteiger partial charge in [-0.1, -0.05) is 6.92 Å². The van der Waals surface area contributed by atoms with Gasteiger partial charge in [0.05, 0.1) is 0 Å². The zero-order valence-electron chi connectivity index (χ0n) is 7.25. The third kappa shape index (κ3) is 2.04. The van der Waals surface area contributed by atoms with E-state index in [1.54, 1.807) is 5.01 Å². The van der Waals surface area contributed by atoms with Crippen molar-refractivity contribution in [3.8, 4) is 0 Å². The second-order valence-electron chi connectivity index (χ2n) is 2.94. The van der Waals surface area contributed by atoms with Gasteiger partial charge in [0, 0.05) is 25.4 Å². The second-order valence-corrected chi connectivity index (χ2v) is 2.94. The molecule has 1 saturated heterocycles. The van der Waals surface area contributed by atoms with Crippen LogP contribution in [0.1, 0.15) is 26.2 Å². The third-order valence-corrected chi connectivity index (χ3v) is 2.02. The van der Waals surface area contributed by atoms with Gasteiger partial charge in [-0.05, 0) is 6.42 Å². The van der Waals surface area contributed by atoms with Crippen molar-refractivity contribution in [2.75, 3.05) is 6.54 Å². The van der Waals surface area contributed by atoms with Crippen LogP contribution in [0.15, 0.2) is 0 Å². The quantitative estimate of drug-likeness (QED) is 0.608. The average molecular weight is 170 g/mol. The molecule has 0 aromatic rings. The number of amides is 1. The number of hydrazine groups is 1. The van der Waals surface area contributed by atoms with Crippen molar-refractivity contribution >= 4 is 12.2 Å². The van der Waals surface area contributed by atoms with Crippen LogP contribution in [0.25, 0.3) is 0 Å². The molecule has 0 aliphatic carbocycles. The predicted molar refractivity (Wildman–Crippen MR) is 44.2 cm³/mol. The van der Waals surface area contributed by atoms with E-state index in [4.69, 9.17) is 0 Å². The summed E-state index contributed by atoms with van der Waals surface area (Å²) in [7, 11) is 0.